The van der Waals surface area contributed by atoms with Crippen LogP contribution in [-0.4, -0.2) is 31.6 Å². The summed E-state index contributed by atoms with van der Waals surface area (Å²) in [5.41, 5.74) is 1.98. The van der Waals surface area contributed by atoms with E-state index in [2.05, 4.69) is 25.2 Å². The molecule has 0 amide bonds. The van der Waals surface area contributed by atoms with Crippen molar-refractivity contribution in [3.05, 3.63) is 69.6 Å². The smallest absolute Gasteiger partial charge is 0.208 e. The van der Waals surface area contributed by atoms with E-state index in [-0.39, 0.29) is 11.6 Å². The average molecular weight is 535 g/mol. The number of fused-ring (bicyclic) bond motifs is 1. The average Bonchev–Trinajstić information content (AvgIpc) is 3.35. The Morgan fingerprint density at radius 1 is 1.15 bits per heavy atom. The van der Waals surface area contributed by atoms with Crippen LogP contribution in [0.5, 0.6) is 0 Å². The number of halogens is 2. The summed E-state index contributed by atoms with van der Waals surface area (Å²) in [6.07, 6.45) is 4.75. The molecule has 1 fully saturated rings. The Bertz CT molecular complexity index is 1310. The summed E-state index contributed by atoms with van der Waals surface area (Å²) in [5, 5.41) is 0.838. The van der Waals surface area contributed by atoms with Gasteiger partial charge in [0.1, 0.15) is 5.82 Å². The number of hydrogen-bond acceptors (Lipinski definition) is 3. The lowest BCUT2D eigenvalue weighted by atomic mass is 9.72. The highest BCUT2D eigenvalue weighted by atomic mass is 79.9. The van der Waals surface area contributed by atoms with Crippen LogP contribution in [0.15, 0.2) is 46.9 Å². The third kappa shape index (κ3) is 4.53. The Kier molecular flexibility index (Phi) is 6.80. The maximum Gasteiger partial charge on any atom is 0.208 e. The molecule has 0 radical (unpaired) electrons. The first-order chi connectivity index (χ1) is 15.7. The van der Waals surface area contributed by atoms with Crippen LogP contribution in [-0.2, 0) is 22.0 Å². The van der Waals surface area contributed by atoms with Gasteiger partial charge >= 0.3 is 0 Å². The number of nitrogens with one attached hydrogen (secondary N) is 1. The van der Waals surface area contributed by atoms with E-state index in [9.17, 15) is 17.6 Å². The molecule has 4 rings (SSSR count). The number of aryl methyl sites for hydroxylation is 1. The fourth-order valence-electron chi connectivity index (χ4n) is 5.24. The number of carbonyl (C=O) groups excluding carboxylic acids is 1. The van der Waals surface area contributed by atoms with Crippen LogP contribution in [0.3, 0.4) is 0 Å². The fraction of sp³-hybridized carbons (Fsp3) is 0.400. The van der Waals surface area contributed by atoms with Crippen molar-refractivity contribution in [1.82, 2.24) is 9.29 Å². The van der Waals surface area contributed by atoms with Gasteiger partial charge in [0.05, 0.1) is 17.2 Å². The van der Waals surface area contributed by atoms with Crippen LogP contribution in [0.1, 0.15) is 53.7 Å². The quantitative estimate of drug-likeness (QED) is 0.307. The molecule has 0 unspecified atom stereocenters. The van der Waals surface area contributed by atoms with Gasteiger partial charge in [-0.05, 0) is 54.2 Å². The Balaban J connectivity index is 1.81. The van der Waals surface area contributed by atoms with Gasteiger partial charge in [-0.2, -0.15) is 0 Å². The lowest BCUT2D eigenvalue weighted by Gasteiger charge is -2.29. The number of ketones is 1. The van der Waals surface area contributed by atoms with Gasteiger partial charge in [-0.25, -0.2) is 17.5 Å². The zero-order valence-corrected chi connectivity index (χ0v) is 21.2. The standard InChI is InChI=1S/C25H28BrFN2O3S/c1-17-22(24(30)25(13-5-6-14-25)19-10-3-4-12-21(19)27)18-9-7-11-20(26)23(18)29(17)16-8-15-28-33(2,31)32/h3-4,7,9-12,28H,5-6,8,13-16H2,1-2H3. The maximum absolute atomic E-state index is 14.9. The predicted molar refractivity (Wildman–Crippen MR) is 133 cm³/mol. The molecule has 1 heterocycles. The molecule has 0 spiro atoms. The van der Waals surface area contributed by atoms with Crippen molar-refractivity contribution in [3.63, 3.8) is 0 Å². The summed E-state index contributed by atoms with van der Waals surface area (Å²) in [6, 6.07) is 12.4. The van der Waals surface area contributed by atoms with Crippen molar-refractivity contribution in [2.75, 3.05) is 12.8 Å². The highest BCUT2D eigenvalue weighted by Crippen LogP contribution is 2.46. The molecule has 1 N–H and O–H groups in total. The van der Waals surface area contributed by atoms with Crippen molar-refractivity contribution < 1.29 is 17.6 Å². The molecule has 0 atom stereocenters. The van der Waals surface area contributed by atoms with Crippen LogP contribution < -0.4 is 4.72 Å². The normalized spacial score (nSPS) is 15.9. The predicted octanol–water partition coefficient (Wildman–Crippen LogP) is 5.49. The minimum absolute atomic E-state index is 0.0290. The summed E-state index contributed by atoms with van der Waals surface area (Å²) < 4.78 is 43.2. The summed E-state index contributed by atoms with van der Waals surface area (Å²) in [4.78, 5) is 14.3. The molecule has 0 aliphatic heterocycles. The lowest BCUT2D eigenvalue weighted by molar-refractivity contribution is 0.0883. The van der Waals surface area contributed by atoms with E-state index in [1.165, 1.54) is 6.07 Å². The van der Waals surface area contributed by atoms with Crippen LogP contribution in [0.25, 0.3) is 10.9 Å². The van der Waals surface area contributed by atoms with E-state index in [1.54, 1.807) is 18.2 Å². The van der Waals surface area contributed by atoms with Gasteiger partial charge in [0.15, 0.2) is 5.78 Å². The topological polar surface area (TPSA) is 68.2 Å². The number of para-hydroxylation sites is 1. The molecule has 8 heteroatoms. The van der Waals surface area contributed by atoms with E-state index in [4.69, 9.17) is 0 Å². The van der Waals surface area contributed by atoms with E-state index in [0.29, 0.717) is 43.5 Å². The summed E-state index contributed by atoms with van der Waals surface area (Å²) in [7, 11) is -3.26. The van der Waals surface area contributed by atoms with Crippen LogP contribution >= 0.6 is 15.9 Å². The molecule has 1 aliphatic carbocycles. The lowest BCUT2D eigenvalue weighted by Crippen LogP contribution is -2.34. The van der Waals surface area contributed by atoms with Crippen LogP contribution in [0.4, 0.5) is 4.39 Å². The molecular weight excluding hydrogens is 507 g/mol. The van der Waals surface area contributed by atoms with E-state index in [1.807, 2.05) is 25.1 Å². The highest BCUT2D eigenvalue weighted by Gasteiger charge is 2.46. The Hall–Kier alpha value is -2.03. The van der Waals surface area contributed by atoms with E-state index >= 15 is 0 Å². The zero-order chi connectivity index (χ0) is 23.8. The summed E-state index contributed by atoms with van der Waals surface area (Å²) in [5.74, 6) is -0.360. The maximum atomic E-state index is 14.9. The molecule has 1 aromatic heterocycles. The Morgan fingerprint density at radius 3 is 2.52 bits per heavy atom. The van der Waals surface area contributed by atoms with Crippen LogP contribution in [0.2, 0.25) is 0 Å². The number of sulfonamides is 1. The van der Waals surface area contributed by atoms with Crippen molar-refractivity contribution >= 4 is 42.6 Å². The molecule has 176 valence electrons. The zero-order valence-electron chi connectivity index (χ0n) is 18.8. The minimum atomic E-state index is -3.26. The van der Waals surface area contributed by atoms with Gasteiger partial charge in [-0.1, -0.05) is 43.2 Å². The third-order valence-corrected chi connectivity index (χ3v) is 8.09. The summed E-state index contributed by atoms with van der Waals surface area (Å²) in [6.45, 7) is 2.78. The SMILES string of the molecule is Cc1c(C(=O)C2(c3ccccc3F)CCCC2)c2cccc(Br)c2n1CCCNS(C)(=O)=O. The monoisotopic (exact) mass is 534 g/mol. The van der Waals surface area contributed by atoms with Gasteiger partial charge in [0.2, 0.25) is 10.0 Å². The van der Waals surface area contributed by atoms with Crippen molar-refractivity contribution in [1.29, 1.82) is 0 Å². The van der Waals surface area contributed by atoms with Crippen molar-refractivity contribution in [3.8, 4) is 0 Å². The second kappa shape index (κ2) is 9.31. The fourth-order valence-corrected chi connectivity index (χ4v) is 6.33. The Labute approximate surface area is 202 Å². The molecule has 1 aliphatic rings. The Morgan fingerprint density at radius 2 is 1.85 bits per heavy atom. The number of nitrogens with zero attached hydrogens (tertiary/aromatic N) is 1. The van der Waals surface area contributed by atoms with Gasteiger partial charge in [0.25, 0.3) is 0 Å². The van der Waals surface area contributed by atoms with Crippen LogP contribution in [0, 0.1) is 12.7 Å². The van der Waals surface area contributed by atoms with Crippen molar-refractivity contribution in [2.24, 2.45) is 0 Å². The molecule has 0 saturated heterocycles. The van der Waals surface area contributed by atoms with Crippen molar-refractivity contribution in [2.45, 2.75) is 51.0 Å². The number of carbonyl (C=O) groups is 1. The molecule has 2 aromatic carbocycles. The second-order valence-electron chi connectivity index (χ2n) is 8.87. The number of benzene rings is 2. The molecular formula is C25H28BrFN2O3S. The number of rotatable bonds is 8. The molecule has 5 nitrogen and oxygen atoms in total. The number of aromatic nitrogens is 1. The van der Waals surface area contributed by atoms with E-state index < -0.39 is 15.4 Å². The number of hydrogen-bond donors (Lipinski definition) is 1. The molecule has 33 heavy (non-hydrogen) atoms. The second-order valence-corrected chi connectivity index (χ2v) is 11.6. The third-order valence-electron chi connectivity index (χ3n) is 6.72. The van der Waals surface area contributed by atoms with Gasteiger partial charge in [-0.15, -0.1) is 0 Å². The van der Waals surface area contributed by atoms with Gasteiger partial charge in [-0.3, -0.25) is 4.79 Å². The molecule has 1 saturated carbocycles. The first kappa shape index (κ1) is 24.1. The first-order valence-electron chi connectivity index (χ1n) is 11.2. The molecule has 0 bridgehead atoms. The van der Waals surface area contributed by atoms with Gasteiger partial charge in [0, 0.05) is 39.8 Å². The minimum Gasteiger partial charge on any atom is -0.343 e. The largest absolute Gasteiger partial charge is 0.343 e. The highest BCUT2D eigenvalue weighted by molar-refractivity contribution is 9.10. The van der Waals surface area contributed by atoms with E-state index in [0.717, 1.165) is 40.2 Å². The van der Waals surface area contributed by atoms with Gasteiger partial charge < -0.3 is 4.57 Å². The first-order valence-corrected chi connectivity index (χ1v) is 13.9. The summed E-state index contributed by atoms with van der Waals surface area (Å²) >= 11 is 3.63. The molecule has 3 aromatic rings. The number of Topliss-reactive ketones (excluding diaryl/α,β-unsaturated/α-hetero) is 1.